The van der Waals surface area contributed by atoms with Gasteiger partial charge in [0, 0.05) is 11.4 Å². The van der Waals surface area contributed by atoms with E-state index in [1.807, 2.05) is 26.0 Å². The van der Waals surface area contributed by atoms with Gasteiger partial charge in [0.15, 0.2) is 0 Å². The van der Waals surface area contributed by atoms with E-state index in [1.165, 1.54) is 24.3 Å². The van der Waals surface area contributed by atoms with E-state index in [1.54, 1.807) is 48.5 Å². The molecule has 0 aliphatic carbocycles. The normalized spacial score (nSPS) is 10.5. The van der Waals surface area contributed by atoms with E-state index in [-0.39, 0.29) is 22.3 Å². The Morgan fingerprint density at radius 2 is 0.868 bits per heavy atom. The molecule has 4 rings (SSSR count). The first-order chi connectivity index (χ1) is 18.2. The topological polar surface area (TPSA) is 133 Å². The maximum absolute atomic E-state index is 12.7. The van der Waals surface area contributed by atoms with E-state index in [9.17, 15) is 29.4 Å². The molecule has 0 aromatic heterocycles. The second-order valence-electron chi connectivity index (χ2n) is 8.67. The first kappa shape index (κ1) is 25.8. The Balaban J connectivity index is 1.53. The Labute approximate surface area is 218 Å². The molecule has 8 nitrogen and oxygen atoms in total. The van der Waals surface area contributed by atoms with Crippen LogP contribution in [0.5, 0.6) is 0 Å². The molecule has 8 heteroatoms. The molecule has 0 saturated carbocycles. The number of aryl methyl sites for hydroxylation is 2. The van der Waals surface area contributed by atoms with Gasteiger partial charge >= 0.3 is 11.9 Å². The summed E-state index contributed by atoms with van der Waals surface area (Å²) >= 11 is 0. The number of amides is 2. The third-order valence-electron chi connectivity index (χ3n) is 6.06. The van der Waals surface area contributed by atoms with Gasteiger partial charge in [-0.05, 0) is 84.6 Å². The van der Waals surface area contributed by atoms with Crippen molar-refractivity contribution in [1.82, 2.24) is 0 Å². The molecule has 0 unspecified atom stereocenters. The Hall–Kier alpha value is -5.24. The lowest BCUT2D eigenvalue weighted by molar-refractivity contribution is 0.0683. The van der Waals surface area contributed by atoms with Gasteiger partial charge < -0.3 is 20.8 Å². The number of benzene rings is 4. The summed E-state index contributed by atoms with van der Waals surface area (Å²) in [7, 11) is 0. The van der Waals surface area contributed by atoms with E-state index >= 15 is 0 Å². The molecule has 0 atom stereocenters. The van der Waals surface area contributed by atoms with Gasteiger partial charge in [-0.15, -0.1) is 0 Å². The second-order valence-corrected chi connectivity index (χ2v) is 8.67. The molecular weight excluding hydrogens is 484 g/mol. The zero-order valence-electron chi connectivity index (χ0n) is 20.6. The lowest BCUT2D eigenvalue weighted by Crippen LogP contribution is -2.16. The van der Waals surface area contributed by atoms with E-state index in [0.717, 1.165) is 22.3 Å². The number of nitrogens with one attached hydrogen (secondary N) is 2. The van der Waals surface area contributed by atoms with Gasteiger partial charge in [-0.2, -0.15) is 0 Å². The lowest BCUT2D eigenvalue weighted by Gasteiger charge is -2.14. The SMILES string of the molecule is Cc1cc(NC(=O)c2ccccc2C(=O)O)ccc1-c1ccc(NC(=O)c2ccccc2C(=O)O)cc1C. The van der Waals surface area contributed by atoms with Crippen LogP contribution in [-0.4, -0.2) is 34.0 Å². The average molecular weight is 509 g/mol. The van der Waals surface area contributed by atoms with Crippen LogP contribution in [0.4, 0.5) is 11.4 Å². The molecule has 0 spiro atoms. The summed E-state index contributed by atoms with van der Waals surface area (Å²) in [5, 5.41) is 24.2. The molecule has 4 aromatic carbocycles. The summed E-state index contributed by atoms with van der Waals surface area (Å²) in [5.74, 6) is -3.39. The fourth-order valence-corrected chi connectivity index (χ4v) is 4.22. The van der Waals surface area contributed by atoms with Crippen LogP contribution < -0.4 is 10.6 Å². The van der Waals surface area contributed by atoms with E-state index in [0.29, 0.717) is 11.4 Å². The molecule has 0 aliphatic rings. The Kier molecular flexibility index (Phi) is 7.34. The van der Waals surface area contributed by atoms with Crippen molar-refractivity contribution >= 4 is 35.1 Å². The third-order valence-corrected chi connectivity index (χ3v) is 6.06. The van der Waals surface area contributed by atoms with Crippen molar-refractivity contribution in [2.24, 2.45) is 0 Å². The molecule has 0 fully saturated rings. The Morgan fingerprint density at radius 1 is 0.526 bits per heavy atom. The molecule has 0 radical (unpaired) electrons. The Morgan fingerprint density at radius 3 is 1.18 bits per heavy atom. The number of aromatic carboxylic acids is 2. The van der Waals surface area contributed by atoms with E-state index in [4.69, 9.17) is 0 Å². The number of carbonyl (C=O) groups excluding carboxylic acids is 2. The van der Waals surface area contributed by atoms with Crippen molar-refractivity contribution in [2.45, 2.75) is 13.8 Å². The van der Waals surface area contributed by atoms with Gasteiger partial charge in [0.05, 0.1) is 22.3 Å². The van der Waals surface area contributed by atoms with Crippen molar-refractivity contribution < 1.29 is 29.4 Å². The highest BCUT2D eigenvalue weighted by Crippen LogP contribution is 2.31. The van der Waals surface area contributed by atoms with Crippen molar-refractivity contribution in [1.29, 1.82) is 0 Å². The van der Waals surface area contributed by atoms with Crippen LogP contribution in [0.25, 0.3) is 11.1 Å². The third kappa shape index (κ3) is 5.44. The smallest absolute Gasteiger partial charge is 0.336 e. The minimum atomic E-state index is -1.18. The summed E-state index contributed by atoms with van der Waals surface area (Å²) in [6, 6.07) is 22.8. The molecule has 0 bridgehead atoms. The molecule has 38 heavy (non-hydrogen) atoms. The number of carbonyl (C=O) groups is 4. The van der Waals surface area contributed by atoms with E-state index < -0.39 is 23.8 Å². The molecule has 0 aliphatic heterocycles. The quantitative estimate of drug-likeness (QED) is 0.247. The maximum atomic E-state index is 12.7. The fourth-order valence-electron chi connectivity index (χ4n) is 4.22. The predicted octanol–water partition coefficient (Wildman–Crippen LogP) is 5.87. The molecule has 0 saturated heterocycles. The van der Waals surface area contributed by atoms with Crippen molar-refractivity contribution in [3.63, 3.8) is 0 Å². The first-order valence-corrected chi connectivity index (χ1v) is 11.6. The predicted molar refractivity (Wildman–Crippen MR) is 144 cm³/mol. The van der Waals surface area contributed by atoms with Crippen LogP contribution >= 0.6 is 0 Å². The molecule has 4 N–H and O–H groups in total. The van der Waals surface area contributed by atoms with Crippen LogP contribution in [0.1, 0.15) is 52.6 Å². The second kappa shape index (κ2) is 10.8. The lowest BCUT2D eigenvalue weighted by atomic mass is 9.95. The highest BCUT2D eigenvalue weighted by Gasteiger charge is 2.18. The number of anilines is 2. The minimum absolute atomic E-state index is 0.0705. The zero-order chi connectivity index (χ0) is 27.4. The zero-order valence-corrected chi connectivity index (χ0v) is 20.6. The molecule has 190 valence electrons. The van der Waals surface area contributed by atoms with E-state index in [2.05, 4.69) is 10.6 Å². The van der Waals surface area contributed by atoms with Crippen molar-refractivity contribution in [2.75, 3.05) is 10.6 Å². The van der Waals surface area contributed by atoms with Crippen molar-refractivity contribution in [3.05, 3.63) is 118 Å². The summed E-state index contributed by atoms with van der Waals surface area (Å²) in [4.78, 5) is 48.3. The average Bonchev–Trinajstić information content (AvgIpc) is 2.89. The maximum Gasteiger partial charge on any atom is 0.336 e. The highest BCUT2D eigenvalue weighted by molar-refractivity contribution is 6.11. The van der Waals surface area contributed by atoms with Gasteiger partial charge in [0.25, 0.3) is 11.8 Å². The van der Waals surface area contributed by atoms with Gasteiger partial charge in [-0.25, -0.2) is 9.59 Å². The van der Waals surface area contributed by atoms with Crippen LogP contribution in [0, 0.1) is 13.8 Å². The molecule has 4 aromatic rings. The number of hydrogen-bond donors (Lipinski definition) is 4. The minimum Gasteiger partial charge on any atom is -0.478 e. The fraction of sp³-hybridized carbons (Fsp3) is 0.0667. The number of carboxylic acids is 2. The summed E-state index contributed by atoms with van der Waals surface area (Å²) in [5.41, 5.74) is 4.63. The first-order valence-electron chi connectivity index (χ1n) is 11.6. The molecular formula is C30H24N2O6. The largest absolute Gasteiger partial charge is 0.478 e. The van der Waals surface area contributed by atoms with Crippen LogP contribution in [0.15, 0.2) is 84.9 Å². The van der Waals surface area contributed by atoms with Crippen molar-refractivity contribution in [3.8, 4) is 11.1 Å². The number of hydrogen-bond acceptors (Lipinski definition) is 4. The van der Waals surface area contributed by atoms with Gasteiger partial charge in [-0.3, -0.25) is 9.59 Å². The standard InChI is InChI=1S/C30H24N2O6/c1-17-15-19(31-27(33)23-7-3-5-9-25(23)29(35)36)11-13-21(17)22-14-12-20(16-18(22)2)32-28(34)24-8-4-6-10-26(24)30(37)38/h3-16H,1-2H3,(H,31,33)(H,32,34)(H,35,36)(H,37,38). The van der Waals surface area contributed by atoms with Gasteiger partial charge in [0.2, 0.25) is 0 Å². The van der Waals surface area contributed by atoms with Crippen LogP contribution in [0.3, 0.4) is 0 Å². The monoisotopic (exact) mass is 508 g/mol. The number of carboxylic acid groups (broad SMARTS) is 2. The van der Waals surface area contributed by atoms with Crippen LogP contribution in [-0.2, 0) is 0 Å². The number of rotatable bonds is 7. The Bertz CT molecular complexity index is 1470. The summed E-state index contributed by atoms with van der Waals surface area (Å²) in [6.07, 6.45) is 0. The van der Waals surface area contributed by atoms with Gasteiger partial charge in [0.1, 0.15) is 0 Å². The summed E-state index contributed by atoms with van der Waals surface area (Å²) < 4.78 is 0. The molecule has 2 amide bonds. The van der Waals surface area contributed by atoms with Gasteiger partial charge in [-0.1, -0.05) is 36.4 Å². The highest BCUT2D eigenvalue weighted by atomic mass is 16.4. The van der Waals surface area contributed by atoms with Crippen LogP contribution in [0.2, 0.25) is 0 Å². The molecule has 0 heterocycles. The summed E-state index contributed by atoms with van der Waals surface area (Å²) in [6.45, 7) is 3.79.